The average molecular weight is 258 g/mol. The van der Waals surface area contributed by atoms with Gasteiger partial charge in [0.05, 0.1) is 18.0 Å². The number of nitrogens with two attached hydrogens (primary N) is 1. The number of hydrogen-bond donors (Lipinski definition) is 2. The summed E-state index contributed by atoms with van der Waals surface area (Å²) < 4.78 is 7.66. The van der Waals surface area contributed by atoms with E-state index in [0.717, 1.165) is 18.5 Å². The van der Waals surface area contributed by atoms with E-state index in [1.807, 2.05) is 29.9 Å². The lowest BCUT2D eigenvalue weighted by molar-refractivity contribution is 0.476. The molecule has 19 heavy (non-hydrogen) atoms. The highest BCUT2D eigenvalue weighted by molar-refractivity contribution is 5.98. The molecule has 0 fully saturated rings. The zero-order chi connectivity index (χ0) is 13.8. The van der Waals surface area contributed by atoms with Crippen molar-refractivity contribution in [3.8, 4) is 11.5 Å². The summed E-state index contributed by atoms with van der Waals surface area (Å²) in [5.41, 5.74) is 7.11. The first-order valence-corrected chi connectivity index (χ1v) is 6.26. The van der Waals surface area contributed by atoms with Crippen molar-refractivity contribution >= 4 is 5.84 Å². The Morgan fingerprint density at radius 3 is 2.95 bits per heavy atom. The summed E-state index contributed by atoms with van der Waals surface area (Å²) >= 11 is 0. The molecule has 0 aliphatic heterocycles. The summed E-state index contributed by atoms with van der Waals surface area (Å²) in [5, 5.41) is 11.8. The van der Waals surface area contributed by atoms with Gasteiger partial charge >= 0.3 is 0 Å². The van der Waals surface area contributed by atoms with Gasteiger partial charge in [-0.1, -0.05) is 19.1 Å². The first kappa shape index (κ1) is 13.1. The lowest BCUT2D eigenvalue weighted by Crippen LogP contribution is -2.12. The van der Waals surface area contributed by atoms with E-state index in [9.17, 15) is 0 Å². The summed E-state index contributed by atoms with van der Waals surface area (Å²) in [6.45, 7) is 4.88. The number of amidine groups is 1. The molecule has 5 heteroatoms. The molecule has 1 aromatic carbocycles. The van der Waals surface area contributed by atoms with Gasteiger partial charge in [-0.3, -0.25) is 10.1 Å². The Balaban J connectivity index is 2.29. The number of nitrogens with one attached hydrogen (secondary N) is 1. The van der Waals surface area contributed by atoms with Crippen LogP contribution in [0.2, 0.25) is 0 Å². The van der Waals surface area contributed by atoms with Crippen molar-refractivity contribution in [2.75, 3.05) is 0 Å². The third-order valence-electron chi connectivity index (χ3n) is 2.78. The molecule has 0 amide bonds. The van der Waals surface area contributed by atoms with E-state index >= 15 is 0 Å². The van der Waals surface area contributed by atoms with Gasteiger partial charge in [-0.2, -0.15) is 5.10 Å². The fourth-order valence-corrected chi connectivity index (χ4v) is 1.87. The zero-order valence-corrected chi connectivity index (χ0v) is 11.2. The van der Waals surface area contributed by atoms with Crippen LogP contribution in [0.15, 0.2) is 30.6 Å². The predicted octanol–water partition coefficient (Wildman–Crippen LogP) is 2.68. The standard InChI is InChI=1S/C14H18N4O/c1-3-7-18-9-11(8-17-18)19-13-10(2)5-4-6-12(13)14(15)16/h4-6,8-9H,3,7H2,1-2H3,(H3,15,16). The molecule has 1 heterocycles. The molecule has 0 saturated carbocycles. The molecule has 1 aromatic heterocycles. The van der Waals surface area contributed by atoms with Crippen molar-refractivity contribution < 1.29 is 4.74 Å². The van der Waals surface area contributed by atoms with Gasteiger partial charge < -0.3 is 10.5 Å². The number of para-hydroxylation sites is 1. The molecular formula is C14H18N4O. The van der Waals surface area contributed by atoms with E-state index < -0.39 is 0 Å². The van der Waals surface area contributed by atoms with Crippen LogP contribution in [-0.2, 0) is 6.54 Å². The van der Waals surface area contributed by atoms with Crippen LogP contribution in [0, 0.1) is 12.3 Å². The van der Waals surface area contributed by atoms with Gasteiger partial charge in [0.1, 0.15) is 11.6 Å². The summed E-state index contributed by atoms with van der Waals surface area (Å²) in [6, 6.07) is 5.57. The van der Waals surface area contributed by atoms with E-state index in [1.165, 1.54) is 0 Å². The summed E-state index contributed by atoms with van der Waals surface area (Å²) in [4.78, 5) is 0. The van der Waals surface area contributed by atoms with Crippen LogP contribution in [0.1, 0.15) is 24.5 Å². The summed E-state index contributed by atoms with van der Waals surface area (Å²) in [5.74, 6) is 1.27. The van der Waals surface area contributed by atoms with Gasteiger partial charge in [-0.15, -0.1) is 0 Å². The van der Waals surface area contributed by atoms with Crippen molar-refractivity contribution in [2.45, 2.75) is 26.8 Å². The molecule has 0 unspecified atom stereocenters. The Morgan fingerprint density at radius 1 is 1.47 bits per heavy atom. The molecule has 3 N–H and O–H groups in total. The zero-order valence-electron chi connectivity index (χ0n) is 11.2. The van der Waals surface area contributed by atoms with Crippen LogP contribution >= 0.6 is 0 Å². The highest BCUT2D eigenvalue weighted by Crippen LogP contribution is 2.28. The number of rotatable bonds is 5. The third kappa shape index (κ3) is 2.93. The van der Waals surface area contributed by atoms with Gasteiger partial charge in [-0.05, 0) is 25.0 Å². The van der Waals surface area contributed by atoms with Gasteiger partial charge in [0.2, 0.25) is 0 Å². The number of nitrogen functional groups attached to an aromatic ring is 1. The predicted molar refractivity (Wildman–Crippen MR) is 74.8 cm³/mol. The lowest BCUT2D eigenvalue weighted by Gasteiger charge is -2.11. The third-order valence-corrected chi connectivity index (χ3v) is 2.78. The van der Waals surface area contributed by atoms with Crippen molar-refractivity contribution in [3.05, 3.63) is 41.7 Å². The largest absolute Gasteiger partial charge is 0.453 e. The molecule has 100 valence electrons. The van der Waals surface area contributed by atoms with Crippen LogP contribution in [0.25, 0.3) is 0 Å². The van der Waals surface area contributed by atoms with E-state index in [1.54, 1.807) is 12.3 Å². The molecule has 0 aliphatic rings. The van der Waals surface area contributed by atoms with Crippen LogP contribution in [-0.4, -0.2) is 15.6 Å². The minimum Gasteiger partial charge on any atom is -0.453 e. The minimum atomic E-state index is -0.000324. The monoisotopic (exact) mass is 258 g/mol. The lowest BCUT2D eigenvalue weighted by atomic mass is 10.1. The second-order valence-corrected chi connectivity index (χ2v) is 4.41. The number of hydrogen-bond acceptors (Lipinski definition) is 3. The maximum atomic E-state index is 7.59. The Labute approximate surface area is 112 Å². The van der Waals surface area contributed by atoms with Gasteiger partial charge in [-0.25, -0.2) is 0 Å². The summed E-state index contributed by atoms with van der Waals surface area (Å²) in [7, 11) is 0. The molecule has 0 saturated heterocycles. The smallest absolute Gasteiger partial charge is 0.165 e. The normalized spacial score (nSPS) is 10.4. The van der Waals surface area contributed by atoms with E-state index in [4.69, 9.17) is 15.9 Å². The van der Waals surface area contributed by atoms with Crippen LogP contribution in [0.5, 0.6) is 11.5 Å². The van der Waals surface area contributed by atoms with Crippen molar-refractivity contribution in [1.82, 2.24) is 9.78 Å². The molecule has 5 nitrogen and oxygen atoms in total. The highest BCUT2D eigenvalue weighted by atomic mass is 16.5. The molecule has 0 spiro atoms. The molecular weight excluding hydrogens is 240 g/mol. The first-order chi connectivity index (χ1) is 9.11. The molecule has 0 radical (unpaired) electrons. The van der Waals surface area contributed by atoms with E-state index in [-0.39, 0.29) is 5.84 Å². The first-order valence-electron chi connectivity index (χ1n) is 6.26. The number of ether oxygens (including phenoxy) is 1. The van der Waals surface area contributed by atoms with Crippen LogP contribution in [0.3, 0.4) is 0 Å². The maximum Gasteiger partial charge on any atom is 0.165 e. The van der Waals surface area contributed by atoms with Crippen molar-refractivity contribution in [3.63, 3.8) is 0 Å². The van der Waals surface area contributed by atoms with Crippen molar-refractivity contribution in [2.24, 2.45) is 5.73 Å². The number of nitrogens with zero attached hydrogens (tertiary/aromatic N) is 2. The Bertz CT molecular complexity index is 589. The molecule has 0 bridgehead atoms. The Hall–Kier alpha value is -2.30. The quantitative estimate of drug-likeness (QED) is 0.639. The van der Waals surface area contributed by atoms with Crippen molar-refractivity contribution in [1.29, 1.82) is 5.41 Å². The maximum absolute atomic E-state index is 7.59. The SMILES string of the molecule is CCCn1cc(Oc2c(C)cccc2C(=N)N)cn1. The highest BCUT2D eigenvalue weighted by Gasteiger charge is 2.11. The van der Waals surface area contributed by atoms with Gasteiger partial charge in [0.15, 0.2) is 5.75 Å². The van der Waals surface area contributed by atoms with E-state index in [2.05, 4.69) is 12.0 Å². The molecule has 2 rings (SSSR count). The fourth-order valence-electron chi connectivity index (χ4n) is 1.87. The van der Waals surface area contributed by atoms with Gasteiger partial charge in [0.25, 0.3) is 0 Å². The number of aryl methyl sites for hydroxylation is 2. The Kier molecular flexibility index (Phi) is 3.85. The molecule has 2 aromatic rings. The topological polar surface area (TPSA) is 76.9 Å². The number of aromatic nitrogens is 2. The Morgan fingerprint density at radius 2 is 2.26 bits per heavy atom. The van der Waals surface area contributed by atoms with Crippen LogP contribution < -0.4 is 10.5 Å². The second kappa shape index (κ2) is 5.56. The minimum absolute atomic E-state index is 0.000324. The fraction of sp³-hybridized carbons (Fsp3) is 0.286. The summed E-state index contributed by atoms with van der Waals surface area (Å²) in [6.07, 6.45) is 4.54. The molecule has 0 aliphatic carbocycles. The van der Waals surface area contributed by atoms with Crippen LogP contribution in [0.4, 0.5) is 0 Å². The molecule has 0 atom stereocenters. The second-order valence-electron chi connectivity index (χ2n) is 4.41. The van der Waals surface area contributed by atoms with Gasteiger partial charge in [0, 0.05) is 6.54 Å². The van der Waals surface area contributed by atoms with E-state index in [0.29, 0.717) is 17.1 Å². The number of benzene rings is 1. The average Bonchev–Trinajstić information content (AvgIpc) is 2.79.